The average Bonchev–Trinajstić information content (AvgIpc) is 2.31. The van der Waals surface area contributed by atoms with Gasteiger partial charge in [0, 0.05) is 0 Å². The van der Waals surface area contributed by atoms with Crippen molar-refractivity contribution in [2.45, 2.75) is 91.8 Å². The molecule has 0 spiro atoms. The molecule has 2 saturated carbocycles. The Hall–Kier alpha value is -0.0400. The van der Waals surface area contributed by atoms with Crippen molar-refractivity contribution < 1.29 is 4.74 Å². The summed E-state index contributed by atoms with van der Waals surface area (Å²) in [5.41, 5.74) is 1.17. The molecular formula is C19H34O. The molecule has 1 heterocycles. The number of ether oxygens (including phenoxy) is 1. The monoisotopic (exact) mass is 278 g/mol. The second-order valence-corrected chi connectivity index (χ2v) is 9.34. The fourth-order valence-corrected chi connectivity index (χ4v) is 6.37. The first kappa shape index (κ1) is 14.9. The molecule has 0 radical (unpaired) electrons. The Kier molecular flexibility index (Phi) is 3.33. The highest BCUT2D eigenvalue weighted by Crippen LogP contribution is 2.65. The Morgan fingerprint density at radius 2 is 1.60 bits per heavy atom. The second-order valence-electron chi connectivity index (χ2n) is 9.34. The molecule has 0 bridgehead atoms. The van der Waals surface area contributed by atoms with Crippen molar-refractivity contribution in [1.29, 1.82) is 0 Å². The van der Waals surface area contributed by atoms with Crippen LogP contribution < -0.4 is 0 Å². The third-order valence-corrected chi connectivity index (χ3v) is 7.60. The summed E-state index contributed by atoms with van der Waals surface area (Å²) in [6.07, 6.45) is 8.72. The van der Waals surface area contributed by atoms with Crippen LogP contribution in [0.3, 0.4) is 0 Å². The number of hydrogen-bond donors (Lipinski definition) is 0. The van der Waals surface area contributed by atoms with Gasteiger partial charge in [-0.2, -0.15) is 0 Å². The maximum atomic E-state index is 6.57. The van der Waals surface area contributed by atoms with E-state index in [0.717, 1.165) is 11.8 Å². The van der Waals surface area contributed by atoms with Gasteiger partial charge in [-0.1, -0.05) is 34.1 Å². The first-order valence-corrected chi connectivity index (χ1v) is 8.87. The lowest BCUT2D eigenvalue weighted by atomic mass is 9.44. The summed E-state index contributed by atoms with van der Waals surface area (Å²) < 4.78 is 6.57. The topological polar surface area (TPSA) is 9.23 Å². The quantitative estimate of drug-likeness (QED) is 0.574. The Balaban J connectivity index is 1.96. The molecule has 3 rings (SSSR count). The van der Waals surface area contributed by atoms with Crippen molar-refractivity contribution in [3.63, 3.8) is 0 Å². The summed E-state index contributed by atoms with van der Waals surface area (Å²) in [7, 11) is 0. The fourth-order valence-electron chi connectivity index (χ4n) is 6.37. The predicted octanol–water partition coefficient (Wildman–Crippen LogP) is 5.43. The van der Waals surface area contributed by atoms with E-state index in [4.69, 9.17) is 4.74 Å². The molecule has 0 aromatic heterocycles. The Morgan fingerprint density at radius 3 is 2.30 bits per heavy atom. The molecule has 20 heavy (non-hydrogen) atoms. The summed E-state index contributed by atoms with van der Waals surface area (Å²) in [5, 5.41) is 0. The van der Waals surface area contributed by atoms with E-state index in [0.29, 0.717) is 22.9 Å². The van der Waals surface area contributed by atoms with Crippen LogP contribution >= 0.6 is 0 Å². The van der Waals surface area contributed by atoms with Crippen LogP contribution in [0.4, 0.5) is 0 Å². The van der Waals surface area contributed by atoms with Gasteiger partial charge < -0.3 is 4.74 Å². The molecule has 1 heteroatoms. The minimum atomic E-state index is 0.143. The summed E-state index contributed by atoms with van der Waals surface area (Å²) in [4.78, 5) is 0. The molecular weight excluding hydrogens is 244 g/mol. The van der Waals surface area contributed by atoms with Crippen LogP contribution in [0.2, 0.25) is 0 Å². The van der Waals surface area contributed by atoms with Crippen molar-refractivity contribution >= 4 is 0 Å². The Bertz CT molecular complexity index is 387. The van der Waals surface area contributed by atoms with E-state index in [9.17, 15) is 0 Å². The standard InChI is InChI=1S/C19H34O/c1-13-12-16-18(5)10-7-9-17(3,4)15(18)8-11-19(16,6)20-14(13)2/h13-16H,7-12H2,1-6H3/t13-,14?,15?,16+,18?,19+/m0/s1. The van der Waals surface area contributed by atoms with E-state index >= 15 is 0 Å². The van der Waals surface area contributed by atoms with Crippen molar-refractivity contribution in [1.82, 2.24) is 0 Å². The zero-order valence-electron chi connectivity index (χ0n) is 14.5. The van der Waals surface area contributed by atoms with Crippen LogP contribution in [0.15, 0.2) is 0 Å². The van der Waals surface area contributed by atoms with Crippen molar-refractivity contribution in [2.75, 3.05) is 0 Å². The Labute approximate surface area is 125 Å². The first-order chi connectivity index (χ1) is 9.19. The molecule has 0 amide bonds. The molecule has 1 saturated heterocycles. The smallest absolute Gasteiger partial charge is 0.0691 e. The zero-order chi connectivity index (χ0) is 14.8. The van der Waals surface area contributed by atoms with E-state index in [2.05, 4.69) is 41.5 Å². The molecule has 116 valence electrons. The van der Waals surface area contributed by atoms with Gasteiger partial charge in [0.25, 0.3) is 0 Å². The van der Waals surface area contributed by atoms with E-state index in [1.54, 1.807) is 0 Å². The Morgan fingerprint density at radius 1 is 0.900 bits per heavy atom. The fraction of sp³-hybridized carbons (Fsp3) is 1.00. The summed E-state index contributed by atoms with van der Waals surface area (Å²) in [5.74, 6) is 2.37. The van der Waals surface area contributed by atoms with Crippen molar-refractivity contribution in [2.24, 2.45) is 28.6 Å². The molecule has 3 fully saturated rings. The first-order valence-electron chi connectivity index (χ1n) is 8.87. The second kappa shape index (κ2) is 4.48. The molecule has 1 aliphatic heterocycles. The lowest BCUT2D eigenvalue weighted by Crippen LogP contribution is -2.61. The molecule has 0 N–H and O–H groups in total. The molecule has 0 aromatic carbocycles. The number of hydrogen-bond acceptors (Lipinski definition) is 1. The van der Waals surface area contributed by atoms with Crippen LogP contribution in [-0.2, 0) is 4.74 Å². The highest BCUT2D eigenvalue weighted by atomic mass is 16.5. The van der Waals surface area contributed by atoms with Crippen LogP contribution in [-0.4, -0.2) is 11.7 Å². The van der Waals surface area contributed by atoms with Gasteiger partial charge in [0.05, 0.1) is 11.7 Å². The van der Waals surface area contributed by atoms with Crippen molar-refractivity contribution in [3.8, 4) is 0 Å². The summed E-state index contributed by atoms with van der Waals surface area (Å²) in [6, 6.07) is 0. The molecule has 2 aliphatic carbocycles. The highest BCUT2D eigenvalue weighted by molar-refractivity contribution is 5.09. The third kappa shape index (κ3) is 1.99. The molecule has 3 unspecified atom stereocenters. The van der Waals surface area contributed by atoms with Gasteiger partial charge >= 0.3 is 0 Å². The molecule has 0 aromatic rings. The summed E-state index contributed by atoms with van der Waals surface area (Å²) >= 11 is 0. The molecule has 6 atom stereocenters. The number of fused-ring (bicyclic) bond motifs is 3. The van der Waals surface area contributed by atoms with Gasteiger partial charge in [0.1, 0.15) is 0 Å². The van der Waals surface area contributed by atoms with E-state index in [1.807, 2.05) is 0 Å². The maximum absolute atomic E-state index is 6.57. The third-order valence-electron chi connectivity index (χ3n) is 7.60. The van der Waals surface area contributed by atoms with Gasteiger partial charge in [-0.15, -0.1) is 0 Å². The SMILES string of the molecule is CC1O[C@]2(C)CCC3C(C)(C)CCCC3(C)[C@H]2C[C@@H]1C. The van der Waals surface area contributed by atoms with E-state index in [-0.39, 0.29) is 5.60 Å². The van der Waals surface area contributed by atoms with E-state index in [1.165, 1.54) is 38.5 Å². The minimum Gasteiger partial charge on any atom is -0.372 e. The summed E-state index contributed by atoms with van der Waals surface area (Å²) in [6.45, 7) is 14.7. The van der Waals surface area contributed by atoms with Gasteiger partial charge in [0.15, 0.2) is 0 Å². The largest absolute Gasteiger partial charge is 0.372 e. The highest BCUT2D eigenvalue weighted by Gasteiger charge is 2.60. The zero-order valence-corrected chi connectivity index (χ0v) is 14.5. The maximum Gasteiger partial charge on any atom is 0.0691 e. The van der Waals surface area contributed by atoms with Crippen molar-refractivity contribution in [3.05, 3.63) is 0 Å². The van der Waals surface area contributed by atoms with Gasteiger partial charge in [-0.25, -0.2) is 0 Å². The van der Waals surface area contributed by atoms with Crippen LogP contribution in [0.5, 0.6) is 0 Å². The van der Waals surface area contributed by atoms with Gasteiger partial charge in [-0.3, -0.25) is 0 Å². The predicted molar refractivity (Wildman–Crippen MR) is 84.7 cm³/mol. The average molecular weight is 278 g/mol. The van der Waals surface area contributed by atoms with Gasteiger partial charge in [0.2, 0.25) is 0 Å². The molecule has 3 aliphatic rings. The lowest BCUT2D eigenvalue weighted by molar-refractivity contribution is -0.246. The van der Waals surface area contributed by atoms with Gasteiger partial charge in [-0.05, 0) is 74.5 Å². The minimum absolute atomic E-state index is 0.143. The van der Waals surface area contributed by atoms with Crippen LogP contribution in [0, 0.1) is 28.6 Å². The number of rotatable bonds is 0. The molecule has 1 nitrogen and oxygen atoms in total. The van der Waals surface area contributed by atoms with Crippen LogP contribution in [0.1, 0.15) is 80.1 Å². The normalized spacial score (nSPS) is 54.9. The van der Waals surface area contributed by atoms with E-state index < -0.39 is 0 Å². The van der Waals surface area contributed by atoms with Crippen LogP contribution in [0.25, 0.3) is 0 Å². The lowest BCUT2D eigenvalue weighted by Gasteiger charge is -2.64.